The molecule has 0 radical (unpaired) electrons. The summed E-state index contributed by atoms with van der Waals surface area (Å²) >= 11 is 1.17. The van der Waals surface area contributed by atoms with Gasteiger partial charge in [0.1, 0.15) is 5.82 Å². The first-order valence-electron chi connectivity index (χ1n) is 8.93. The zero-order valence-corrected chi connectivity index (χ0v) is 17.0. The molecule has 0 unspecified atom stereocenters. The Morgan fingerprint density at radius 2 is 1.97 bits per heavy atom. The van der Waals surface area contributed by atoms with Crippen LogP contribution in [0.1, 0.15) is 22.8 Å². The molecule has 1 aromatic carbocycles. The second-order valence-electron chi connectivity index (χ2n) is 6.68. The van der Waals surface area contributed by atoms with E-state index in [4.69, 9.17) is 0 Å². The number of hydrogen-bond donors (Lipinski definition) is 1. The highest BCUT2D eigenvalue weighted by Crippen LogP contribution is 2.28. The lowest BCUT2D eigenvalue weighted by molar-refractivity contribution is -0.144. The molecule has 0 fully saturated rings. The van der Waals surface area contributed by atoms with E-state index in [0.29, 0.717) is 33.3 Å². The van der Waals surface area contributed by atoms with Gasteiger partial charge >= 0.3 is 6.18 Å². The number of aromatic nitrogens is 5. The number of halogens is 4. The van der Waals surface area contributed by atoms with Crippen LogP contribution < -0.4 is 5.32 Å². The van der Waals surface area contributed by atoms with E-state index >= 15 is 0 Å². The van der Waals surface area contributed by atoms with Gasteiger partial charge in [0.2, 0.25) is 5.91 Å². The van der Waals surface area contributed by atoms with Gasteiger partial charge in [-0.15, -0.1) is 16.4 Å². The van der Waals surface area contributed by atoms with Crippen LogP contribution in [0.15, 0.2) is 29.6 Å². The quantitative estimate of drug-likeness (QED) is 0.471. The van der Waals surface area contributed by atoms with Crippen LogP contribution in [0.5, 0.6) is 0 Å². The molecule has 1 N–H and O–H groups in total. The van der Waals surface area contributed by atoms with Crippen molar-refractivity contribution in [3.8, 4) is 11.3 Å². The van der Waals surface area contributed by atoms with Gasteiger partial charge in [-0.05, 0) is 26.0 Å². The zero-order chi connectivity index (χ0) is 22.3. The van der Waals surface area contributed by atoms with Gasteiger partial charge in [0.25, 0.3) is 11.6 Å². The van der Waals surface area contributed by atoms with Crippen LogP contribution in [-0.2, 0) is 17.4 Å². The molecule has 0 saturated heterocycles. The summed E-state index contributed by atoms with van der Waals surface area (Å²) in [5.74, 6) is -2.31. The standard InChI is InChI=1S/C19H14F4N6OS/c1-9-13(10(2)29-17(24-9)27-16(28-29)19(21,22)23)7-15(30)26-18-25-14(8-31-18)11-4-3-5-12(20)6-11/h3-6,8H,7H2,1-2H3,(H,25,26,30). The van der Waals surface area contributed by atoms with E-state index in [1.807, 2.05) is 0 Å². The summed E-state index contributed by atoms with van der Waals surface area (Å²) in [5, 5.41) is 8.11. The number of amides is 1. The van der Waals surface area contributed by atoms with Crippen molar-refractivity contribution in [2.45, 2.75) is 26.4 Å². The summed E-state index contributed by atoms with van der Waals surface area (Å²) < 4.78 is 53.1. The van der Waals surface area contributed by atoms with Crippen molar-refractivity contribution in [2.24, 2.45) is 0 Å². The molecule has 0 atom stereocenters. The highest BCUT2D eigenvalue weighted by Gasteiger charge is 2.37. The summed E-state index contributed by atoms with van der Waals surface area (Å²) in [6.07, 6.45) is -4.84. The molecule has 160 valence electrons. The van der Waals surface area contributed by atoms with Gasteiger partial charge in [-0.25, -0.2) is 18.9 Å². The van der Waals surface area contributed by atoms with Gasteiger partial charge in [0.15, 0.2) is 5.13 Å². The van der Waals surface area contributed by atoms with Crippen LogP contribution in [0.25, 0.3) is 17.0 Å². The van der Waals surface area contributed by atoms with Crippen molar-refractivity contribution in [3.63, 3.8) is 0 Å². The molecule has 3 heterocycles. The van der Waals surface area contributed by atoms with E-state index in [-0.39, 0.29) is 12.2 Å². The Hall–Kier alpha value is -3.41. The van der Waals surface area contributed by atoms with Crippen molar-refractivity contribution in [1.82, 2.24) is 24.6 Å². The number of alkyl halides is 3. The van der Waals surface area contributed by atoms with Crippen LogP contribution in [0.4, 0.5) is 22.7 Å². The van der Waals surface area contributed by atoms with Crippen molar-refractivity contribution in [2.75, 3.05) is 5.32 Å². The predicted molar refractivity (Wildman–Crippen MR) is 105 cm³/mol. The van der Waals surface area contributed by atoms with Crippen molar-refractivity contribution in [1.29, 1.82) is 0 Å². The van der Waals surface area contributed by atoms with Gasteiger partial charge < -0.3 is 5.32 Å². The molecule has 7 nitrogen and oxygen atoms in total. The van der Waals surface area contributed by atoms with E-state index in [2.05, 4.69) is 25.4 Å². The smallest absolute Gasteiger partial charge is 0.302 e. The first kappa shape index (κ1) is 20.8. The highest BCUT2D eigenvalue weighted by molar-refractivity contribution is 7.14. The van der Waals surface area contributed by atoms with Gasteiger partial charge in [-0.3, -0.25) is 4.79 Å². The number of aryl methyl sites for hydroxylation is 2. The molecular weight excluding hydrogens is 436 g/mol. The maximum Gasteiger partial charge on any atom is 0.453 e. The van der Waals surface area contributed by atoms with E-state index < -0.39 is 23.7 Å². The molecule has 4 rings (SSSR count). The third-order valence-corrected chi connectivity index (χ3v) is 5.27. The Morgan fingerprint density at radius 3 is 2.68 bits per heavy atom. The van der Waals surface area contributed by atoms with Crippen molar-refractivity contribution < 1.29 is 22.4 Å². The number of anilines is 1. The van der Waals surface area contributed by atoms with E-state index in [1.54, 1.807) is 31.4 Å². The number of thiazole rings is 1. The lowest BCUT2D eigenvalue weighted by atomic mass is 10.1. The molecular formula is C19H14F4N6OS. The number of nitrogens with one attached hydrogen (secondary N) is 1. The van der Waals surface area contributed by atoms with Gasteiger partial charge in [-0.1, -0.05) is 12.1 Å². The third kappa shape index (κ3) is 4.24. The fourth-order valence-electron chi connectivity index (χ4n) is 3.02. The van der Waals surface area contributed by atoms with Gasteiger partial charge in [-0.2, -0.15) is 18.2 Å². The second kappa shape index (κ2) is 7.69. The van der Waals surface area contributed by atoms with Crippen LogP contribution in [0.3, 0.4) is 0 Å². The Labute approximate surface area is 176 Å². The SMILES string of the molecule is Cc1nc2nc(C(F)(F)F)nn2c(C)c1CC(=O)Nc1nc(-c2cccc(F)c2)cs1. The minimum absolute atomic E-state index is 0.142. The summed E-state index contributed by atoms with van der Waals surface area (Å²) in [5.41, 5.74) is 2.23. The summed E-state index contributed by atoms with van der Waals surface area (Å²) in [6, 6.07) is 5.92. The topological polar surface area (TPSA) is 85.1 Å². The molecule has 0 aliphatic rings. The van der Waals surface area contributed by atoms with Crippen LogP contribution in [0.2, 0.25) is 0 Å². The fourth-order valence-corrected chi connectivity index (χ4v) is 3.76. The van der Waals surface area contributed by atoms with Crippen LogP contribution in [-0.4, -0.2) is 30.5 Å². The molecule has 12 heteroatoms. The first-order valence-corrected chi connectivity index (χ1v) is 9.81. The molecule has 0 aliphatic carbocycles. The van der Waals surface area contributed by atoms with E-state index in [1.165, 1.54) is 23.5 Å². The Kier molecular flexibility index (Phi) is 5.17. The molecule has 0 bridgehead atoms. The molecule has 1 amide bonds. The molecule has 0 spiro atoms. The van der Waals surface area contributed by atoms with Gasteiger partial charge in [0.05, 0.1) is 12.1 Å². The lowest BCUT2D eigenvalue weighted by Crippen LogP contribution is -2.17. The van der Waals surface area contributed by atoms with Crippen LogP contribution in [0, 0.1) is 19.7 Å². The lowest BCUT2D eigenvalue weighted by Gasteiger charge is -2.09. The summed E-state index contributed by atoms with van der Waals surface area (Å²) in [6.45, 7) is 3.13. The summed E-state index contributed by atoms with van der Waals surface area (Å²) in [4.78, 5) is 24.3. The largest absolute Gasteiger partial charge is 0.453 e. The maximum absolute atomic E-state index is 13.4. The van der Waals surface area contributed by atoms with E-state index in [9.17, 15) is 22.4 Å². The Balaban J connectivity index is 1.55. The minimum Gasteiger partial charge on any atom is -0.302 e. The van der Waals surface area contributed by atoms with Crippen molar-refractivity contribution >= 4 is 28.2 Å². The number of benzene rings is 1. The highest BCUT2D eigenvalue weighted by atomic mass is 32.1. The first-order chi connectivity index (χ1) is 14.6. The fraction of sp³-hybridized carbons (Fsp3) is 0.211. The Morgan fingerprint density at radius 1 is 1.19 bits per heavy atom. The van der Waals surface area contributed by atoms with Crippen LogP contribution >= 0.6 is 11.3 Å². The third-order valence-electron chi connectivity index (χ3n) is 4.51. The van der Waals surface area contributed by atoms with E-state index in [0.717, 1.165) is 4.52 Å². The number of hydrogen-bond acceptors (Lipinski definition) is 6. The van der Waals surface area contributed by atoms with Gasteiger partial charge in [0, 0.05) is 27.9 Å². The minimum atomic E-state index is -4.70. The Bertz CT molecular complexity index is 1300. The zero-order valence-electron chi connectivity index (χ0n) is 16.2. The average molecular weight is 450 g/mol. The molecule has 0 aliphatic heterocycles. The number of fused-ring (bicyclic) bond motifs is 1. The normalized spacial score (nSPS) is 11.8. The summed E-state index contributed by atoms with van der Waals surface area (Å²) in [7, 11) is 0. The number of rotatable bonds is 4. The van der Waals surface area contributed by atoms with Crippen molar-refractivity contribution in [3.05, 3.63) is 58.2 Å². The molecule has 0 saturated carbocycles. The number of carbonyl (C=O) groups excluding carboxylic acids is 1. The number of nitrogens with zero attached hydrogens (tertiary/aromatic N) is 5. The molecule has 3 aromatic heterocycles. The average Bonchev–Trinajstić information content (AvgIpc) is 3.32. The molecule has 4 aromatic rings. The monoisotopic (exact) mass is 450 g/mol. The predicted octanol–water partition coefficient (Wildman–Crippen LogP) is 4.20. The molecule has 31 heavy (non-hydrogen) atoms. The maximum atomic E-state index is 13.4. The second-order valence-corrected chi connectivity index (χ2v) is 7.54. The number of carbonyl (C=O) groups is 1.